The summed E-state index contributed by atoms with van der Waals surface area (Å²) in [5.74, 6) is -0.923. The first-order chi connectivity index (χ1) is 9.04. The number of benzene rings is 1. The van der Waals surface area contributed by atoms with Crippen LogP contribution in [0.25, 0.3) is 5.70 Å². The molecular weight excluding hydrogens is 438 g/mol. The molecule has 0 N–H and O–H groups in total. The fourth-order valence-corrected chi connectivity index (χ4v) is 1.97. The van der Waals surface area contributed by atoms with Crippen molar-refractivity contribution in [2.75, 3.05) is 0 Å². The molecule has 7 heteroatoms. The molecule has 0 spiro atoms. The molecule has 2 aromatic rings. The summed E-state index contributed by atoms with van der Waals surface area (Å²) in [6.45, 7) is 1.64. The predicted octanol–water partition coefficient (Wildman–Crippen LogP) is 2.80. The van der Waals surface area contributed by atoms with E-state index in [4.69, 9.17) is 17.0 Å². The molecule has 4 nitrogen and oxygen atoms in total. The zero-order valence-corrected chi connectivity index (χ0v) is 14.1. The van der Waals surface area contributed by atoms with Crippen molar-refractivity contribution in [2.45, 2.75) is 6.92 Å². The van der Waals surface area contributed by atoms with Crippen LogP contribution in [0.4, 0.5) is 0 Å². The van der Waals surface area contributed by atoms with Crippen LogP contribution in [0, 0.1) is 0 Å². The van der Waals surface area contributed by atoms with Crippen LogP contribution in [0.1, 0.15) is 23.0 Å². The molecule has 0 saturated carbocycles. The number of carbonyl (C=O) groups excluding carboxylic acids is 1. The van der Waals surface area contributed by atoms with E-state index < -0.39 is 5.76 Å². The van der Waals surface area contributed by atoms with E-state index in [1.807, 2.05) is 0 Å². The molecule has 108 valence electrons. The van der Waals surface area contributed by atoms with Gasteiger partial charge >= 0.3 is 28.1 Å². The molecule has 0 saturated heterocycles. The first kappa shape index (κ1) is 17.1. The van der Waals surface area contributed by atoms with Crippen LogP contribution in [0.15, 0.2) is 49.6 Å². The van der Waals surface area contributed by atoms with Gasteiger partial charge in [-0.15, -0.1) is 0 Å². The molecular formula is C13H9AgBrNO3S. The number of hydrogen-bond donors (Lipinski definition) is 0. The second-order valence-electron chi connectivity index (χ2n) is 3.82. The topological polar surface area (TPSA) is 52.2 Å². The number of ketones is 1. The Morgan fingerprint density at radius 2 is 1.95 bits per heavy atom. The van der Waals surface area contributed by atoms with E-state index >= 15 is 0 Å². The number of rotatable bonds is 3. The van der Waals surface area contributed by atoms with Crippen LogP contribution in [0.5, 0.6) is 0 Å². The SMILES string of the molecule is C/C(=C/[S-])n1c(C(=O)c2ccc(Br)cc2)coc1=O.[Ag+]. The summed E-state index contributed by atoms with van der Waals surface area (Å²) in [4.78, 5) is 23.9. The van der Waals surface area contributed by atoms with Crippen LogP contribution in [0.2, 0.25) is 0 Å². The van der Waals surface area contributed by atoms with Crippen molar-refractivity contribution in [2.24, 2.45) is 0 Å². The van der Waals surface area contributed by atoms with Crippen LogP contribution < -0.4 is 5.76 Å². The summed E-state index contributed by atoms with van der Waals surface area (Å²) >= 11 is 8.08. The maximum absolute atomic E-state index is 12.3. The van der Waals surface area contributed by atoms with E-state index in [0.717, 1.165) is 15.3 Å². The smallest absolute Gasteiger partial charge is 0.786 e. The molecule has 0 aliphatic heterocycles. The zero-order chi connectivity index (χ0) is 14.0. The number of nitrogens with zero attached hydrogens (tertiary/aromatic N) is 1. The van der Waals surface area contributed by atoms with Crippen LogP contribution >= 0.6 is 15.9 Å². The van der Waals surface area contributed by atoms with Crippen LogP contribution in [-0.2, 0) is 35.0 Å². The van der Waals surface area contributed by atoms with Gasteiger partial charge in [0.25, 0.3) is 0 Å². The Hall–Kier alpha value is -0.920. The van der Waals surface area contributed by atoms with E-state index in [0.29, 0.717) is 11.3 Å². The molecule has 0 fully saturated rings. The molecule has 20 heavy (non-hydrogen) atoms. The zero-order valence-electron chi connectivity index (χ0n) is 10.2. The van der Waals surface area contributed by atoms with Gasteiger partial charge in [0, 0.05) is 15.7 Å². The molecule has 0 amide bonds. The number of hydrogen-bond acceptors (Lipinski definition) is 4. The minimum Gasteiger partial charge on any atom is -0.786 e. The molecule has 1 heterocycles. The maximum Gasteiger partial charge on any atom is 1.00 e. The first-order valence-corrected chi connectivity index (χ1v) is 6.61. The molecule has 0 atom stereocenters. The second-order valence-corrected chi connectivity index (χ2v) is 4.97. The van der Waals surface area contributed by atoms with Gasteiger partial charge in [0.1, 0.15) is 12.0 Å². The first-order valence-electron chi connectivity index (χ1n) is 5.34. The minimum absolute atomic E-state index is 0. The monoisotopic (exact) mass is 445 g/mol. The maximum atomic E-state index is 12.3. The summed E-state index contributed by atoms with van der Waals surface area (Å²) < 4.78 is 6.81. The van der Waals surface area contributed by atoms with Gasteiger partial charge < -0.3 is 17.0 Å². The van der Waals surface area contributed by atoms with Crippen molar-refractivity contribution >= 4 is 40.0 Å². The van der Waals surface area contributed by atoms with Crippen LogP contribution in [-0.4, -0.2) is 10.4 Å². The van der Waals surface area contributed by atoms with E-state index in [1.54, 1.807) is 31.2 Å². The summed E-state index contributed by atoms with van der Waals surface area (Å²) in [6, 6.07) is 6.85. The number of oxazole rings is 1. The van der Waals surface area contributed by atoms with E-state index in [2.05, 4.69) is 15.9 Å². The van der Waals surface area contributed by atoms with Crippen molar-refractivity contribution in [3.63, 3.8) is 0 Å². The Bertz CT molecular complexity index is 703. The number of carbonyl (C=O) groups is 1. The van der Waals surface area contributed by atoms with Crippen molar-refractivity contribution in [1.29, 1.82) is 0 Å². The van der Waals surface area contributed by atoms with Gasteiger partial charge in [0.05, 0.1) is 0 Å². The fourth-order valence-electron chi connectivity index (χ4n) is 1.60. The van der Waals surface area contributed by atoms with Crippen molar-refractivity contribution in [1.82, 2.24) is 4.57 Å². The average molecular weight is 447 g/mol. The van der Waals surface area contributed by atoms with Gasteiger partial charge in [-0.2, -0.15) is 5.41 Å². The summed E-state index contributed by atoms with van der Waals surface area (Å²) in [5, 5.41) is 1.33. The average Bonchev–Trinajstić information content (AvgIpc) is 2.80. The van der Waals surface area contributed by atoms with Gasteiger partial charge in [0.2, 0.25) is 5.78 Å². The van der Waals surface area contributed by atoms with E-state index in [9.17, 15) is 9.59 Å². The van der Waals surface area contributed by atoms with Crippen molar-refractivity contribution < 1.29 is 31.6 Å². The molecule has 1 aromatic heterocycles. The minimum atomic E-state index is -0.626. The largest absolute Gasteiger partial charge is 1.00 e. The quantitative estimate of drug-likeness (QED) is 0.413. The summed E-state index contributed by atoms with van der Waals surface area (Å²) in [7, 11) is 0. The third-order valence-corrected chi connectivity index (χ3v) is 3.43. The third kappa shape index (κ3) is 3.39. The Kier molecular flexibility index (Phi) is 6.16. The number of aromatic nitrogens is 1. The van der Waals surface area contributed by atoms with Gasteiger partial charge in [-0.3, -0.25) is 4.79 Å². The van der Waals surface area contributed by atoms with Crippen molar-refractivity contribution in [3.05, 3.63) is 62.2 Å². The van der Waals surface area contributed by atoms with Gasteiger partial charge in [0.15, 0.2) is 0 Å². The van der Waals surface area contributed by atoms with Gasteiger partial charge in [-0.25, -0.2) is 9.36 Å². The molecule has 0 unspecified atom stereocenters. The number of allylic oxidation sites excluding steroid dienone is 1. The molecule has 0 radical (unpaired) electrons. The fraction of sp³-hybridized carbons (Fsp3) is 0.0769. The van der Waals surface area contributed by atoms with Crippen LogP contribution in [0.3, 0.4) is 0 Å². The Morgan fingerprint density at radius 3 is 2.50 bits per heavy atom. The Morgan fingerprint density at radius 1 is 1.35 bits per heavy atom. The summed E-state index contributed by atoms with van der Waals surface area (Å²) in [6.07, 6.45) is 1.15. The molecule has 0 bridgehead atoms. The van der Waals surface area contributed by atoms with Crippen molar-refractivity contribution in [3.8, 4) is 0 Å². The Labute approximate surface area is 144 Å². The molecule has 2 rings (SSSR count). The van der Waals surface area contributed by atoms with E-state index in [-0.39, 0.29) is 33.9 Å². The van der Waals surface area contributed by atoms with E-state index in [1.165, 1.54) is 5.41 Å². The predicted molar refractivity (Wildman–Crippen MR) is 77.9 cm³/mol. The molecule has 0 aliphatic rings. The summed E-state index contributed by atoms with van der Waals surface area (Å²) in [5.41, 5.74) is 1.09. The normalized spacial score (nSPS) is 11.0. The second kappa shape index (κ2) is 7.19. The third-order valence-electron chi connectivity index (χ3n) is 2.56. The number of halogens is 1. The standard InChI is InChI=1S/C13H10BrNO3S.Ag/c1-8(7-19)15-11(6-18-13(15)17)12(16)9-2-4-10(14)5-3-9;/h2-7,19H,1H3;/q;+1/p-1/b8-7-;. The van der Waals surface area contributed by atoms with Gasteiger partial charge in [-0.1, -0.05) is 15.9 Å². The Balaban J connectivity index is 0.00000200. The molecule has 0 aliphatic carbocycles. The molecule has 1 aromatic carbocycles. The van der Waals surface area contributed by atoms with Gasteiger partial charge in [-0.05, 0) is 31.2 Å².